The molecule has 0 fully saturated rings. The lowest BCUT2D eigenvalue weighted by Gasteiger charge is -2.24. The number of benzene rings is 2. The van der Waals surface area contributed by atoms with E-state index in [0.29, 0.717) is 35.7 Å². The summed E-state index contributed by atoms with van der Waals surface area (Å²) in [5, 5.41) is 35.4. The van der Waals surface area contributed by atoms with Gasteiger partial charge in [-0.05, 0) is 49.2 Å². The Balaban J connectivity index is 2.06. The highest BCUT2D eigenvalue weighted by atomic mass is 16.5. The third-order valence-electron chi connectivity index (χ3n) is 4.01. The minimum atomic E-state index is -0.0921. The number of aliphatic hydroxyl groups is 3. The Kier molecular flexibility index (Phi) is 9.20. The lowest BCUT2D eigenvalue weighted by atomic mass is 10.2. The number of nitrogens with zero attached hydrogens (tertiary/aromatic N) is 3. The first-order valence-corrected chi connectivity index (χ1v) is 9.29. The molecule has 0 aromatic heterocycles. The second-order valence-corrected chi connectivity index (χ2v) is 6.15. The number of anilines is 2. The van der Waals surface area contributed by atoms with Crippen molar-refractivity contribution in [2.75, 3.05) is 50.2 Å². The summed E-state index contributed by atoms with van der Waals surface area (Å²) in [5.74, 6) is 0.462. The Morgan fingerprint density at radius 3 is 2.04 bits per heavy atom. The van der Waals surface area contributed by atoms with Crippen LogP contribution in [-0.4, -0.2) is 54.8 Å². The second kappa shape index (κ2) is 11.9. The van der Waals surface area contributed by atoms with Crippen molar-refractivity contribution >= 4 is 22.7 Å². The van der Waals surface area contributed by atoms with Crippen molar-refractivity contribution in [1.82, 2.24) is 0 Å². The largest absolute Gasteiger partial charge is 0.489 e. The van der Waals surface area contributed by atoms with Crippen LogP contribution < -0.4 is 15.4 Å². The highest BCUT2D eigenvalue weighted by molar-refractivity contribution is 5.59. The third kappa shape index (κ3) is 6.80. The molecule has 0 spiro atoms. The first kappa shape index (κ1) is 21.6. The van der Waals surface area contributed by atoms with E-state index in [1.807, 2.05) is 24.3 Å². The van der Waals surface area contributed by atoms with Gasteiger partial charge in [-0.2, -0.15) is 10.2 Å². The van der Waals surface area contributed by atoms with E-state index in [1.165, 1.54) is 0 Å². The maximum Gasteiger partial charge on any atom is 0.144 e. The van der Waals surface area contributed by atoms with Crippen LogP contribution in [0.4, 0.5) is 22.7 Å². The molecule has 0 aliphatic carbocycles. The summed E-state index contributed by atoms with van der Waals surface area (Å²) in [4.78, 5) is 2.12. The van der Waals surface area contributed by atoms with Crippen molar-refractivity contribution in [2.45, 2.75) is 12.8 Å². The highest BCUT2D eigenvalue weighted by Gasteiger charge is 2.06. The van der Waals surface area contributed by atoms with Crippen LogP contribution in [-0.2, 0) is 0 Å². The van der Waals surface area contributed by atoms with E-state index in [0.717, 1.165) is 18.8 Å². The van der Waals surface area contributed by atoms with Gasteiger partial charge in [0.2, 0.25) is 0 Å². The van der Waals surface area contributed by atoms with Crippen LogP contribution >= 0.6 is 0 Å². The fourth-order valence-electron chi connectivity index (χ4n) is 2.60. The highest BCUT2D eigenvalue weighted by Crippen LogP contribution is 2.29. The molecule has 0 radical (unpaired) electrons. The minimum Gasteiger partial charge on any atom is -0.489 e. The second-order valence-electron chi connectivity index (χ2n) is 6.15. The topological polar surface area (TPSA) is 124 Å². The van der Waals surface area contributed by atoms with E-state index in [-0.39, 0.29) is 26.4 Å². The van der Waals surface area contributed by atoms with Crippen molar-refractivity contribution < 1.29 is 20.1 Å². The van der Waals surface area contributed by atoms with Gasteiger partial charge >= 0.3 is 0 Å². The Labute approximate surface area is 164 Å². The van der Waals surface area contributed by atoms with Crippen molar-refractivity contribution in [1.29, 1.82) is 0 Å². The monoisotopic (exact) mass is 388 g/mol. The first-order valence-electron chi connectivity index (χ1n) is 9.29. The lowest BCUT2D eigenvalue weighted by Crippen LogP contribution is -2.26. The minimum absolute atomic E-state index is 0.0921. The SMILES string of the molecule is Nc1ccc(N=Nc2ccc(N(CCCO)CCCO)cc2)cc1OCCO. The molecule has 0 unspecified atom stereocenters. The Bertz CT molecular complexity index is 729. The molecule has 0 atom stereocenters. The Morgan fingerprint density at radius 1 is 0.821 bits per heavy atom. The van der Waals surface area contributed by atoms with E-state index >= 15 is 0 Å². The van der Waals surface area contributed by atoms with E-state index in [4.69, 9.17) is 25.8 Å². The zero-order chi connectivity index (χ0) is 20.2. The van der Waals surface area contributed by atoms with Gasteiger partial charge in [0.25, 0.3) is 0 Å². The zero-order valence-corrected chi connectivity index (χ0v) is 15.9. The van der Waals surface area contributed by atoms with Gasteiger partial charge in [-0.1, -0.05) is 0 Å². The quantitative estimate of drug-likeness (QED) is 0.327. The predicted octanol–water partition coefficient (Wildman–Crippen LogP) is 2.63. The fraction of sp³-hybridized carbons (Fsp3) is 0.400. The summed E-state index contributed by atoms with van der Waals surface area (Å²) >= 11 is 0. The van der Waals surface area contributed by atoms with Crippen LogP contribution in [0.15, 0.2) is 52.7 Å². The van der Waals surface area contributed by atoms with Crippen molar-refractivity contribution in [3.05, 3.63) is 42.5 Å². The van der Waals surface area contributed by atoms with E-state index in [1.54, 1.807) is 18.2 Å². The molecule has 8 nitrogen and oxygen atoms in total. The Morgan fingerprint density at radius 2 is 1.43 bits per heavy atom. The van der Waals surface area contributed by atoms with Gasteiger partial charge in [-0.3, -0.25) is 0 Å². The molecule has 0 heterocycles. The summed E-state index contributed by atoms with van der Waals surface area (Å²) in [7, 11) is 0. The number of hydrogen-bond donors (Lipinski definition) is 4. The fourth-order valence-corrected chi connectivity index (χ4v) is 2.60. The molecule has 152 valence electrons. The number of rotatable bonds is 12. The Hall–Kier alpha value is -2.68. The van der Waals surface area contributed by atoms with E-state index in [9.17, 15) is 0 Å². The standard InChI is InChI=1S/C20H28N4O4/c21-19-8-5-17(15-20(19)28-14-13-27)23-22-16-3-6-18(7-4-16)24(9-1-11-25)10-2-12-26/h3-8,15,25-27H,1-2,9-14,21H2. The summed E-state index contributed by atoms with van der Waals surface area (Å²) in [5.41, 5.74) is 8.61. The van der Waals surface area contributed by atoms with Gasteiger partial charge in [0, 0.05) is 38.1 Å². The van der Waals surface area contributed by atoms with Gasteiger partial charge in [-0.25, -0.2) is 0 Å². The molecule has 0 saturated carbocycles. The number of aliphatic hydroxyl groups excluding tert-OH is 3. The maximum absolute atomic E-state index is 9.06. The summed E-state index contributed by atoms with van der Waals surface area (Å²) in [6, 6.07) is 12.7. The number of nitrogen functional groups attached to an aromatic ring is 1. The number of hydrogen-bond acceptors (Lipinski definition) is 8. The van der Waals surface area contributed by atoms with Gasteiger partial charge < -0.3 is 30.7 Å². The average Bonchev–Trinajstić information content (AvgIpc) is 2.73. The number of ether oxygens (including phenoxy) is 1. The molecule has 0 amide bonds. The van der Waals surface area contributed by atoms with E-state index in [2.05, 4.69) is 15.1 Å². The summed E-state index contributed by atoms with van der Waals surface area (Å²) in [6.45, 7) is 1.78. The summed E-state index contributed by atoms with van der Waals surface area (Å²) < 4.78 is 5.37. The molecule has 2 aromatic carbocycles. The van der Waals surface area contributed by atoms with Crippen LogP contribution in [0.1, 0.15) is 12.8 Å². The van der Waals surface area contributed by atoms with Crippen molar-refractivity contribution in [3.63, 3.8) is 0 Å². The van der Waals surface area contributed by atoms with Gasteiger partial charge in [0.05, 0.1) is 23.7 Å². The molecule has 8 heteroatoms. The van der Waals surface area contributed by atoms with Gasteiger partial charge in [-0.15, -0.1) is 0 Å². The zero-order valence-electron chi connectivity index (χ0n) is 15.9. The molecule has 2 aromatic rings. The smallest absolute Gasteiger partial charge is 0.144 e. The first-order chi connectivity index (χ1) is 13.7. The molecule has 2 rings (SSSR count). The van der Waals surface area contributed by atoms with Gasteiger partial charge in [0.15, 0.2) is 0 Å². The molecule has 0 bridgehead atoms. The lowest BCUT2D eigenvalue weighted by molar-refractivity contribution is 0.202. The van der Waals surface area contributed by atoms with Crippen LogP contribution in [0.2, 0.25) is 0 Å². The number of nitrogens with two attached hydrogens (primary N) is 1. The molecule has 0 aliphatic rings. The summed E-state index contributed by atoms with van der Waals surface area (Å²) in [6.07, 6.45) is 1.34. The van der Waals surface area contributed by atoms with E-state index < -0.39 is 0 Å². The van der Waals surface area contributed by atoms with Crippen LogP contribution in [0.5, 0.6) is 5.75 Å². The van der Waals surface area contributed by atoms with Crippen LogP contribution in [0, 0.1) is 0 Å². The molecule has 0 aliphatic heterocycles. The van der Waals surface area contributed by atoms with Crippen molar-refractivity contribution in [3.8, 4) is 5.75 Å². The molecule has 5 N–H and O–H groups in total. The molecule has 0 saturated heterocycles. The van der Waals surface area contributed by atoms with Crippen molar-refractivity contribution in [2.24, 2.45) is 10.2 Å². The maximum atomic E-state index is 9.06. The van der Waals surface area contributed by atoms with Gasteiger partial charge in [0.1, 0.15) is 12.4 Å². The van der Waals surface area contributed by atoms with Crippen LogP contribution in [0.3, 0.4) is 0 Å². The average molecular weight is 388 g/mol. The molecular weight excluding hydrogens is 360 g/mol. The number of azo groups is 1. The molecular formula is C20H28N4O4. The van der Waals surface area contributed by atoms with Crippen LogP contribution in [0.25, 0.3) is 0 Å². The normalized spacial score (nSPS) is 11.1. The predicted molar refractivity (Wildman–Crippen MR) is 110 cm³/mol. The third-order valence-corrected chi connectivity index (χ3v) is 4.01. The molecule has 28 heavy (non-hydrogen) atoms.